The van der Waals surface area contributed by atoms with Gasteiger partial charge in [-0.3, -0.25) is 4.79 Å². The molecule has 118 valence electrons. The molecule has 2 unspecified atom stereocenters. The van der Waals surface area contributed by atoms with Crippen LogP contribution in [0.5, 0.6) is 0 Å². The Morgan fingerprint density at radius 2 is 1.86 bits per heavy atom. The molecule has 1 aromatic rings. The highest BCUT2D eigenvalue weighted by molar-refractivity contribution is 5.90. The van der Waals surface area contributed by atoms with Crippen molar-refractivity contribution in [3.05, 3.63) is 29.8 Å². The summed E-state index contributed by atoms with van der Waals surface area (Å²) in [5.74, 6) is 0.948. The molecule has 1 aliphatic carbocycles. The largest absolute Gasteiger partial charge is 0.327 e. The number of carbonyl (C=O) groups excluding carboxylic acids is 1. The Hall–Kier alpha value is -1.06. The predicted molar refractivity (Wildman–Crippen MR) is 91.0 cm³/mol. The van der Waals surface area contributed by atoms with Gasteiger partial charge in [0, 0.05) is 18.2 Å². The van der Waals surface area contributed by atoms with Gasteiger partial charge in [-0.2, -0.15) is 0 Å². The number of benzene rings is 1. The monoisotopic (exact) mass is 310 g/mol. The van der Waals surface area contributed by atoms with E-state index in [1.54, 1.807) is 0 Å². The average Bonchev–Trinajstić information content (AvgIpc) is 2.42. The van der Waals surface area contributed by atoms with Gasteiger partial charge in [0.15, 0.2) is 0 Å². The van der Waals surface area contributed by atoms with Gasteiger partial charge in [0.05, 0.1) is 0 Å². The van der Waals surface area contributed by atoms with Crippen LogP contribution in [0.2, 0.25) is 0 Å². The number of amides is 1. The molecule has 2 atom stereocenters. The lowest BCUT2D eigenvalue weighted by Gasteiger charge is -2.27. The highest BCUT2D eigenvalue weighted by Gasteiger charge is 2.24. The second-order valence-corrected chi connectivity index (χ2v) is 6.24. The zero-order chi connectivity index (χ0) is 14.5. The molecule has 1 fully saturated rings. The molecule has 0 saturated heterocycles. The summed E-state index contributed by atoms with van der Waals surface area (Å²) in [5.41, 5.74) is 8.26. The van der Waals surface area contributed by atoms with E-state index in [-0.39, 0.29) is 24.4 Å². The van der Waals surface area contributed by atoms with Crippen molar-refractivity contribution in [1.82, 2.24) is 0 Å². The third-order valence-electron chi connectivity index (χ3n) is 4.28. The van der Waals surface area contributed by atoms with E-state index in [1.165, 1.54) is 18.4 Å². The zero-order valence-electron chi connectivity index (χ0n) is 13.0. The first-order valence-corrected chi connectivity index (χ1v) is 7.71. The third kappa shape index (κ3) is 5.33. The van der Waals surface area contributed by atoms with E-state index < -0.39 is 0 Å². The van der Waals surface area contributed by atoms with Gasteiger partial charge in [-0.25, -0.2) is 0 Å². The van der Waals surface area contributed by atoms with Gasteiger partial charge < -0.3 is 11.1 Å². The molecule has 0 bridgehead atoms. The van der Waals surface area contributed by atoms with Crippen molar-refractivity contribution >= 4 is 24.0 Å². The van der Waals surface area contributed by atoms with Crippen LogP contribution in [0.1, 0.15) is 57.4 Å². The fraction of sp³-hybridized carbons (Fsp3) is 0.588. The van der Waals surface area contributed by atoms with E-state index in [1.807, 2.05) is 12.1 Å². The topological polar surface area (TPSA) is 55.1 Å². The number of hydrogen-bond donors (Lipinski definition) is 2. The molecule has 3 nitrogen and oxygen atoms in total. The fourth-order valence-electron chi connectivity index (χ4n) is 2.89. The van der Waals surface area contributed by atoms with E-state index >= 15 is 0 Å². The minimum atomic E-state index is 0. The second kappa shape index (κ2) is 8.40. The molecule has 0 aliphatic heterocycles. The van der Waals surface area contributed by atoms with Crippen LogP contribution in [-0.2, 0) is 4.79 Å². The van der Waals surface area contributed by atoms with Crippen molar-refractivity contribution in [2.45, 2.75) is 57.9 Å². The molecule has 1 amide bonds. The van der Waals surface area contributed by atoms with Gasteiger partial charge in [-0.05, 0) is 42.4 Å². The highest BCUT2D eigenvalue weighted by atomic mass is 35.5. The van der Waals surface area contributed by atoms with Crippen LogP contribution in [0.25, 0.3) is 0 Å². The summed E-state index contributed by atoms with van der Waals surface area (Å²) in [6.07, 6.45) is 5.10. The van der Waals surface area contributed by atoms with Crippen molar-refractivity contribution in [2.75, 3.05) is 5.32 Å². The first-order chi connectivity index (χ1) is 9.56. The number of anilines is 1. The average molecular weight is 311 g/mol. The minimum Gasteiger partial charge on any atom is -0.327 e. The molecule has 1 saturated carbocycles. The molecular weight excluding hydrogens is 284 g/mol. The number of hydrogen-bond acceptors (Lipinski definition) is 2. The first kappa shape index (κ1) is 18.0. The Bertz CT molecular complexity index is 445. The molecule has 21 heavy (non-hydrogen) atoms. The Morgan fingerprint density at radius 1 is 1.24 bits per heavy atom. The second-order valence-electron chi connectivity index (χ2n) is 6.24. The molecule has 2 rings (SSSR count). The SMILES string of the molecule is CC(C)c1ccc(NC(=O)CC2CCCCC2N)cc1.Cl. The van der Waals surface area contributed by atoms with Gasteiger partial charge >= 0.3 is 0 Å². The molecule has 0 radical (unpaired) electrons. The summed E-state index contributed by atoms with van der Waals surface area (Å²) in [5, 5.41) is 2.98. The molecule has 0 spiro atoms. The highest BCUT2D eigenvalue weighted by Crippen LogP contribution is 2.26. The Morgan fingerprint density at radius 3 is 2.43 bits per heavy atom. The van der Waals surface area contributed by atoms with Crippen molar-refractivity contribution in [1.29, 1.82) is 0 Å². The maximum Gasteiger partial charge on any atom is 0.224 e. The summed E-state index contributed by atoms with van der Waals surface area (Å²) in [6.45, 7) is 4.33. The summed E-state index contributed by atoms with van der Waals surface area (Å²) < 4.78 is 0. The molecule has 0 heterocycles. The Labute approximate surface area is 134 Å². The minimum absolute atomic E-state index is 0. The number of nitrogens with two attached hydrogens (primary N) is 1. The van der Waals surface area contributed by atoms with Crippen LogP contribution >= 0.6 is 12.4 Å². The summed E-state index contributed by atoms with van der Waals surface area (Å²) in [4.78, 5) is 12.1. The maximum atomic E-state index is 12.1. The fourth-order valence-corrected chi connectivity index (χ4v) is 2.89. The van der Waals surface area contributed by atoms with Crippen molar-refractivity contribution in [3.8, 4) is 0 Å². The van der Waals surface area contributed by atoms with Gasteiger partial charge in [-0.1, -0.05) is 38.8 Å². The van der Waals surface area contributed by atoms with Crippen molar-refractivity contribution in [3.63, 3.8) is 0 Å². The Kier molecular flexibility index (Phi) is 7.20. The smallest absolute Gasteiger partial charge is 0.224 e. The molecule has 3 N–H and O–H groups in total. The standard InChI is InChI=1S/C17H26N2O.ClH/c1-12(2)13-7-9-15(10-8-13)19-17(20)11-14-5-3-4-6-16(14)18;/h7-10,12,14,16H,3-6,11,18H2,1-2H3,(H,19,20);1H. The van der Waals surface area contributed by atoms with E-state index in [4.69, 9.17) is 5.73 Å². The van der Waals surface area contributed by atoms with Crippen LogP contribution in [-0.4, -0.2) is 11.9 Å². The van der Waals surface area contributed by atoms with Gasteiger partial charge in [-0.15, -0.1) is 12.4 Å². The van der Waals surface area contributed by atoms with Crippen LogP contribution in [0.15, 0.2) is 24.3 Å². The number of nitrogens with one attached hydrogen (secondary N) is 1. The molecular formula is C17H27ClN2O. The summed E-state index contributed by atoms with van der Waals surface area (Å²) in [6, 6.07) is 8.30. The summed E-state index contributed by atoms with van der Waals surface area (Å²) in [7, 11) is 0. The summed E-state index contributed by atoms with van der Waals surface area (Å²) >= 11 is 0. The first-order valence-electron chi connectivity index (χ1n) is 7.71. The third-order valence-corrected chi connectivity index (χ3v) is 4.28. The van der Waals surface area contributed by atoms with Crippen molar-refractivity contribution < 1.29 is 4.79 Å². The number of carbonyl (C=O) groups is 1. The van der Waals surface area contributed by atoms with Gasteiger partial charge in [0.1, 0.15) is 0 Å². The Balaban J connectivity index is 0.00000220. The van der Waals surface area contributed by atoms with Crippen molar-refractivity contribution in [2.24, 2.45) is 11.7 Å². The van der Waals surface area contributed by atoms with Crippen LogP contribution in [0.4, 0.5) is 5.69 Å². The molecule has 1 aliphatic rings. The lowest BCUT2D eigenvalue weighted by atomic mass is 9.83. The predicted octanol–water partition coefficient (Wildman–Crippen LogP) is 4.08. The van der Waals surface area contributed by atoms with Crippen LogP contribution < -0.4 is 11.1 Å². The zero-order valence-corrected chi connectivity index (χ0v) is 13.8. The number of rotatable bonds is 4. The molecule has 4 heteroatoms. The van der Waals surface area contributed by atoms with E-state index in [0.29, 0.717) is 18.3 Å². The maximum absolute atomic E-state index is 12.1. The normalized spacial score (nSPS) is 21.7. The van der Waals surface area contributed by atoms with E-state index in [0.717, 1.165) is 18.5 Å². The number of halogens is 1. The van der Waals surface area contributed by atoms with Gasteiger partial charge in [0.25, 0.3) is 0 Å². The van der Waals surface area contributed by atoms with Crippen LogP contribution in [0, 0.1) is 5.92 Å². The lowest BCUT2D eigenvalue weighted by molar-refractivity contribution is -0.117. The van der Waals surface area contributed by atoms with Crippen LogP contribution in [0.3, 0.4) is 0 Å². The lowest BCUT2D eigenvalue weighted by Crippen LogP contribution is -2.35. The van der Waals surface area contributed by atoms with E-state index in [9.17, 15) is 4.79 Å². The quantitative estimate of drug-likeness (QED) is 0.880. The molecule has 1 aromatic carbocycles. The van der Waals surface area contributed by atoms with E-state index in [2.05, 4.69) is 31.3 Å². The van der Waals surface area contributed by atoms with Gasteiger partial charge in [0.2, 0.25) is 5.91 Å². The molecule has 0 aromatic heterocycles.